The van der Waals surface area contributed by atoms with Crippen LogP contribution in [0.3, 0.4) is 0 Å². The minimum absolute atomic E-state index is 0.0649. The molecule has 76 valence electrons. The van der Waals surface area contributed by atoms with Gasteiger partial charge in [0, 0.05) is 25.1 Å². The fourth-order valence-corrected chi connectivity index (χ4v) is 2.74. The summed E-state index contributed by atoms with van der Waals surface area (Å²) in [5, 5.41) is 0. The van der Waals surface area contributed by atoms with E-state index in [0.29, 0.717) is 13.0 Å². The standard InChI is InChI=1S/C10H18FNO/c1-2-13-8-10-4-3-5-12(10)7-9(11)6-10/h9H,2-8H2,1H3. The van der Waals surface area contributed by atoms with Gasteiger partial charge in [-0.05, 0) is 26.3 Å². The molecule has 2 aliphatic heterocycles. The SMILES string of the molecule is CCOCC12CCCN1CC(F)C2. The second-order valence-electron chi connectivity index (χ2n) is 4.21. The zero-order valence-corrected chi connectivity index (χ0v) is 8.26. The molecule has 0 N–H and O–H groups in total. The third-order valence-corrected chi connectivity index (χ3v) is 3.34. The molecule has 0 spiro atoms. The van der Waals surface area contributed by atoms with Crippen molar-refractivity contribution in [3.63, 3.8) is 0 Å². The number of fused-ring (bicyclic) bond motifs is 1. The molecule has 0 aromatic rings. The number of halogens is 1. The van der Waals surface area contributed by atoms with Gasteiger partial charge in [-0.25, -0.2) is 4.39 Å². The molecular formula is C10H18FNO. The van der Waals surface area contributed by atoms with Gasteiger partial charge < -0.3 is 4.74 Å². The van der Waals surface area contributed by atoms with Crippen molar-refractivity contribution < 1.29 is 9.13 Å². The van der Waals surface area contributed by atoms with Crippen molar-refractivity contribution in [2.24, 2.45) is 0 Å². The van der Waals surface area contributed by atoms with Gasteiger partial charge in [-0.15, -0.1) is 0 Å². The molecular weight excluding hydrogens is 169 g/mol. The van der Waals surface area contributed by atoms with Crippen LogP contribution in [0.15, 0.2) is 0 Å². The summed E-state index contributed by atoms with van der Waals surface area (Å²) in [6.07, 6.45) is 2.39. The lowest BCUT2D eigenvalue weighted by atomic mass is 9.95. The first-order chi connectivity index (χ1) is 6.27. The molecule has 2 nitrogen and oxygen atoms in total. The minimum atomic E-state index is -0.624. The molecule has 2 atom stereocenters. The van der Waals surface area contributed by atoms with Crippen LogP contribution in [-0.4, -0.2) is 42.9 Å². The predicted octanol–water partition coefficient (Wildman–Crippen LogP) is 1.60. The Morgan fingerprint density at radius 3 is 3.23 bits per heavy atom. The van der Waals surface area contributed by atoms with Gasteiger partial charge in [0.2, 0.25) is 0 Å². The van der Waals surface area contributed by atoms with Gasteiger partial charge in [-0.2, -0.15) is 0 Å². The summed E-state index contributed by atoms with van der Waals surface area (Å²) in [7, 11) is 0. The van der Waals surface area contributed by atoms with E-state index < -0.39 is 6.17 Å². The van der Waals surface area contributed by atoms with Crippen molar-refractivity contribution in [2.45, 2.75) is 37.9 Å². The van der Waals surface area contributed by atoms with Crippen LogP contribution in [0, 0.1) is 0 Å². The van der Waals surface area contributed by atoms with Crippen LogP contribution >= 0.6 is 0 Å². The summed E-state index contributed by atoms with van der Waals surface area (Å²) in [5.41, 5.74) is 0.0649. The largest absolute Gasteiger partial charge is 0.380 e. The van der Waals surface area contributed by atoms with Crippen molar-refractivity contribution in [2.75, 3.05) is 26.3 Å². The molecule has 2 saturated heterocycles. The number of alkyl halides is 1. The van der Waals surface area contributed by atoms with Crippen LogP contribution in [0.5, 0.6) is 0 Å². The summed E-state index contributed by atoms with van der Waals surface area (Å²) < 4.78 is 18.7. The van der Waals surface area contributed by atoms with Gasteiger partial charge in [0.15, 0.2) is 0 Å². The van der Waals surface area contributed by atoms with E-state index in [1.165, 1.54) is 6.42 Å². The maximum absolute atomic E-state index is 13.2. The van der Waals surface area contributed by atoms with Crippen molar-refractivity contribution in [1.82, 2.24) is 4.90 Å². The summed E-state index contributed by atoms with van der Waals surface area (Å²) in [5.74, 6) is 0. The highest BCUT2D eigenvalue weighted by molar-refractivity contribution is 5.03. The molecule has 0 aromatic carbocycles. The highest BCUT2D eigenvalue weighted by Gasteiger charge is 2.48. The van der Waals surface area contributed by atoms with Crippen LogP contribution in [0.1, 0.15) is 26.2 Å². The molecule has 2 unspecified atom stereocenters. The molecule has 3 heteroatoms. The summed E-state index contributed by atoms with van der Waals surface area (Å²) in [6.45, 7) is 5.16. The lowest BCUT2D eigenvalue weighted by molar-refractivity contribution is 0.0413. The van der Waals surface area contributed by atoms with Gasteiger partial charge in [-0.3, -0.25) is 4.90 Å². The quantitative estimate of drug-likeness (QED) is 0.665. The Hall–Kier alpha value is -0.150. The lowest BCUT2D eigenvalue weighted by Gasteiger charge is -2.30. The van der Waals surface area contributed by atoms with Crippen LogP contribution in [0.2, 0.25) is 0 Å². The maximum atomic E-state index is 13.2. The average molecular weight is 187 g/mol. The van der Waals surface area contributed by atoms with Crippen molar-refractivity contribution in [3.05, 3.63) is 0 Å². The first-order valence-corrected chi connectivity index (χ1v) is 5.24. The summed E-state index contributed by atoms with van der Waals surface area (Å²) in [6, 6.07) is 0. The topological polar surface area (TPSA) is 12.5 Å². The van der Waals surface area contributed by atoms with Gasteiger partial charge >= 0.3 is 0 Å². The molecule has 13 heavy (non-hydrogen) atoms. The molecule has 0 bridgehead atoms. The van der Waals surface area contributed by atoms with Crippen molar-refractivity contribution >= 4 is 0 Å². The second-order valence-corrected chi connectivity index (χ2v) is 4.21. The fraction of sp³-hybridized carbons (Fsp3) is 1.00. The predicted molar refractivity (Wildman–Crippen MR) is 49.5 cm³/mol. The number of ether oxygens (including phenoxy) is 1. The van der Waals surface area contributed by atoms with E-state index in [2.05, 4.69) is 4.90 Å². The van der Waals surface area contributed by atoms with Gasteiger partial charge in [0.1, 0.15) is 6.17 Å². The van der Waals surface area contributed by atoms with E-state index in [1.54, 1.807) is 0 Å². The normalized spacial score (nSPS) is 39.7. The summed E-state index contributed by atoms with van der Waals surface area (Å²) >= 11 is 0. The third kappa shape index (κ3) is 1.59. The van der Waals surface area contributed by atoms with E-state index in [-0.39, 0.29) is 5.54 Å². The monoisotopic (exact) mass is 187 g/mol. The van der Waals surface area contributed by atoms with Crippen LogP contribution in [0.4, 0.5) is 4.39 Å². The second kappa shape index (κ2) is 3.54. The first kappa shape index (κ1) is 9.41. The molecule has 0 aromatic heterocycles. The number of nitrogens with zero attached hydrogens (tertiary/aromatic N) is 1. The highest BCUT2D eigenvalue weighted by atomic mass is 19.1. The third-order valence-electron chi connectivity index (χ3n) is 3.34. The molecule has 2 rings (SSSR count). The fourth-order valence-electron chi connectivity index (χ4n) is 2.74. The average Bonchev–Trinajstić information content (AvgIpc) is 2.57. The number of hydrogen-bond acceptors (Lipinski definition) is 2. The van der Waals surface area contributed by atoms with E-state index >= 15 is 0 Å². The molecule has 0 amide bonds. The Balaban J connectivity index is 2.00. The molecule has 2 heterocycles. The number of hydrogen-bond donors (Lipinski definition) is 0. The Labute approximate surface area is 79.1 Å². The van der Waals surface area contributed by atoms with Crippen LogP contribution < -0.4 is 0 Å². The minimum Gasteiger partial charge on any atom is -0.380 e. The Bertz CT molecular complexity index is 188. The summed E-state index contributed by atoms with van der Waals surface area (Å²) in [4.78, 5) is 2.29. The zero-order chi connectivity index (χ0) is 9.31. The van der Waals surface area contributed by atoms with E-state index in [9.17, 15) is 4.39 Å². The molecule has 0 saturated carbocycles. The first-order valence-electron chi connectivity index (χ1n) is 5.24. The Morgan fingerprint density at radius 1 is 1.62 bits per heavy atom. The Kier molecular flexibility index (Phi) is 2.56. The molecule has 2 aliphatic rings. The molecule has 0 radical (unpaired) electrons. The van der Waals surface area contributed by atoms with Gasteiger partial charge in [0.25, 0.3) is 0 Å². The lowest BCUT2D eigenvalue weighted by Crippen LogP contribution is -2.42. The molecule has 2 fully saturated rings. The van der Waals surface area contributed by atoms with Crippen molar-refractivity contribution in [3.8, 4) is 0 Å². The van der Waals surface area contributed by atoms with E-state index in [4.69, 9.17) is 4.74 Å². The van der Waals surface area contributed by atoms with Crippen LogP contribution in [0.25, 0.3) is 0 Å². The van der Waals surface area contributed by atoms with Crippen LogP contribution in [-0.2, 0) is 4.74 Å². The van der Waals surface area contributed by atoms with E-state index in [0.717, 1.165) is 26.2 Å². The zero-order valence-electron chi connectivity index (χ0n) is 8.26. The van der Waals surface area contributed by atoms with Gasteiger partial charge in [0.05, 0.1) is 6.61 Å². The molecule has 0 aliphatic carbocycles. The Morgan fingerprint density at radius 2 is 2.46 bits per heavy atom. The maximum Gasteiger partial charge on any atom is 0.115 e. The van der Waals surface area contributed by atoms with E-state index in [1.807, 2.05) is 6.92 Å². The van der Waals surface area contributed by atoms with Gasteiger partial charge in [-0.1, -0.05) is 0 Å². The van der Waals surface area contributed by atoms with Crippen molar-refractivity contribution in [1.29, 1.82) is 0 Å². The smallest absolute Gasteiger partial charge is 0.115 e. The highest BCUT2D eigenvalue weighted by Crippen LogP contribution is 2.40. The number of rotatable bonds is 3.